The predicted molar refractivity (Wildman–Crippen MR) is 384 cm³/mol. The summed E-state index contributed by atoms with van der Waals surface area (Å²) in [7, 11) is 0. The first-order chi connectivity index (χ1) is 45.3. The van der Waals surface area contributed by atoms with Crippen molar-refractivity contribution in [3.63, 3.8) is 0 Å². The summed E-state index contributed by atoms with van der Waals surface area (Å²) in [5, 5.41) is 30.8. The molecule has 4 heteroatoms. The van der Waals surface area contributed by atoms with E-state index in [0.717, 1.165) is 106 Å². The molecule has 0 aliphatic rings. The number of aliphatic hydroxyl groups is 2. The molecule has 0 spiro atoms. The van der Waals surface area contributed by atoms with Gasteiger partial charge in [-0.05, 0) is 206 Å². The Morgan fingerprint density at radius 2 is 0.478 bits per heavy atom. The molecule has 0 saturated heterocycles. The molecule has 92 heavy (non-hydrogen) atoms. The maximum absolute atomic E-state index is 10.7. The lowest BCUT2D eigenvalue weighted by Crippen LogP contribution is -2.26. The van der Waals surface area contributed by atoms with Crippen molar-refractivity contribution in [1.82, 2.24) is 0 Å². The van der Waals surface area contributed by atoms with Crippen LogP contribution in [0.5, 0.6) is 11.5 Å². The molecule has 442 valence electrons. The summed E-state index contributed by atoms with van der Waals surface area (Å²) in [6.07, 6.45) is 0. The third-order valence-electron chi connectivity index (χ3n) is 18.4. The topological polar surface area (TPSA) is 58.9 Å². The molecule has 15 aromatic rings. The average molecular weight is 1190 g/mol. The highest BCUT2D eigenvalue weighted by Crippen LogP contribution is 2.52. The van der Waals surface area contributed by atoms with Crippen LogP contribution in [0.2, 0.25) is 0 Å². The Labute approximate surface area is 537 Å². The van der Waals surface area contributed by atoms with E-state index in [-0.39, 0.29) is 26.4 Å². The van der Waals surface area contributed by atoms with Crippen molar-refractivity contribution in [3.05, 3.63) is 338 Å². The highest BCUT2D eigenvalue weighted by molar-refractivity contribution is 5.95. The van der Waals surface area contributed by atoms with E-state index in [1.807, 2.05) is 0 Å². The second-order valence-corrected chi connectivity index (χ2v) is 24.0. The van der Waals surface area contributed by atoms with E-state index >= 15 is 0 Å². The van der Waals surface area contributed by atoms with Crippen LogP contribution in [-0.4, -0.2) is 36.6 Å². The van der Waals surface area contributed by atoms with Gasteiger partial charge in [-0.15, -0.1) is 0 Å². The van der Waals surface area contributed by atoms with Crippen molar-refractivity contribution in [3.8, 4) is 101 Å². The lowest BCUT2D eigenvalue weighted by atomic mass is 9.68. The molecule has 0 unspecified atom stereocenters. The van der Waals surface area contributed by atoms with Crippen LogP contribution < -0.4 is 9.47 Å². The molecule has 0 bridgehead atoms. The Balaban J connectivity index is 1.00. The SMILES string of the molecule is CC(c1ccccc1)(c1cc(-c2cccc(-c3ccc4ccccc4c3)c2)c(OCCO)c(-c2cccc(-c3ccc4ccccc4c3)c2)c1)c1cc(-c2cccc(-c3ccc4ccccc4c3)c2)c(OCCO)c(-c2cccc(-c3ccc4ccccc4c3)c2)c1. The quantitative estimate of drug-likeness (QED) is 0.0892. The Morgan fingerprint density at radius 3 is 0.761 bits per heavy atom. The van der Waals surface area contributed by atoms with Crippen LogP contribution in [0.15, 0.2) is 322 Å². The minimum absolute atomic E-state index is 0.0859. The third kappa shape index (κ3) is 11.2. The molecule has 15 aromatic carbocycles. The van der Waals surface area contributed by atoms with Crippen molar-refractivity contribution in [2.45, 2.75) is 12.3 Å². The van der Waals surface area contributed by atoms with E-state index in [0.29, 0.717) is 11.5 Å². The van der Waals surface area contributed by atoms with Crippen molar-refractivity contribution < 1.29 is 19.7 Å². The van der Waals surface area contributed by atoms with Gasteiger partial charge in [-0.1, -0.05) is 249 Å². The summed E-state index contributed by atoms with van der Waals surface area (Å²) in [6.45, 7) is 2.18. The van der Waals surface area contributed by atoms with E-state index in [1.54, 1.807) is 0 Å². The zero-order valence-corrected chi connectivity index (χ0v) is 51.1. The van der Waals surface area contributed by atoms with Crippen LogP contribution in [0.1, 0.15) is 23.6 Å². The first kappa shape index (κ1) is 57.3. The van der Waals surface area contributed by atoms with Crippen molar-refractivity contribution >= 4 is 43.1 Å². The molecule has 0 radical (unpaired) electrons. The first-order valence-corrected chi connectivity index (χ1v) is 31.6. The van der Waals surface area contributed by atoms with Crippen LogP contribution >= 0.6 is 0 Å². The number of rotatable bonds is 17. The fraction of sp³-hybridized carbons (Fsp3) is 0.0682. The maximum atomic E-state index is 10.7. The van der Waals surface area contributed by atoms with Crippen LogP contribution in [0.3, 0.4) is 0 Å². The molecule has 4 nitrogen and oxygen atoms in total. The van der Waals surface area contributed by atoms with Gasteiger partial charge in [0.2, 0.25) is 0 Å². The summed E-state index contributed by atoms with van der Waals surface area (Å²) in [4.78, 5) is 0. The highest BCUT2D eigenvalue weighted by Gasteiger charge is 2.36. The Bertz CT molecular complexity index is 4640. The van der Waals surface area contributed by atoms with Crippen LogP contribution in [0.4, 0.5) is 0 Å². The summed E-state index contributed by atoms with van der Waals surface area (Å²) in [6, 6.07) is 116. The lowest BCUT2D eigenvalue weighted by molar-refractivity contribution is 0.202. The maximum Gasteiger partial charge on any atom is 0.135 e. The number of aliphatic hydroxyl groups excluding tert-OH is 2. The molecule has 0 aliphatic carbocycles. The molecule has 15 rings (SSSR count). The number of hydrogen-bond acceptors (Lipinski definition) is 4. The fourth-order valence-electron chi connectivity index (χ4n) is 13.5. The molecule has 0 heterocycles. The standard InChI is InChI=1S/C88H66O4/c1-88(79-33-3-2-4-34-79,80-55-82(75-29-13-25-67(51-75)71-39-35-59-17-5-9-21-63(59)47-71)86(91-45-43-89)83(56-80)76-30-14-26-68(52-76)72-40-36-60-18-6-10-22-64(60)48-72)81-57-84(77-31-15-27-69(53-77)73-41-37-61-19-7-11-23-65(61)49-73)87(92-46-44-90)85(58-81)78-32-16-28-70(54-78)74-42-38-62-20-8-12-24-66(62)50-74/h2-42,47-58,89-90H,43-46H2,1H3. The van der Waals surface area contributed by atoms with Crippen molar-refractivity contribution in [2.24, 2.45) is 0 Å². The van der Waals surface area contributed by atoms with Crippen LogP contribution in [0.25, 0.3) is 132 Å². The van der Waals surface area contributed by atoms with Crippen molar-refractivity contribution in [2.75, 3.05) is 26.4 Å². The van der Waals surface area contributed by atoms with E-state index < -0.39 is 5.41 Å². The van der Waals surface area contributed by atoms with Gasteiger partial charge in [0, 0.05) is 27.7 Å². The van der Waals surface area contributed by atoms with Gasteiger partial charge in [-0.25, -0.2) is 0 Å². The minimum atomic E-state index is -0.892. The summed E-state index contributed by atoms with van der Waals surface area (Å²) in [5.41, 5.74) is 18.4. The average Bonchev–Trinajstić information content (AvgIpc) is 0.759. The summed E-state index contributed by atoms with van der Waals surface area (Å²) >= 11 is 0. The number of hydrogen-bond donors (Lipinski definition) is 2. The van der Waals surface area contributed by atoms with Crippen molar-refractivity contribution in [1.29, 1.82) is 0 Å². The summed E-state index contributed by atoms with van der Waals surface area (Å²) in [5.74, 6) is 1.35. The highest BCUT2D eigenvalue weighted by atomic mass is 16.5. The zero-order chi connectivity index (χ0) is 62.0. The largest absolute Gasteiger partial charge is 0.490 e. The molecule has 2 N–H and O–H groups in total. The summed E-state index contributed by atoms with van der Waals surface area (Å²) < 4.78 is 13.9. The second-order valence-electron chi connectivity index (χ2n) is 24.0. The molecule has 0 aromatic heterocycles. The van der Waals surface area contributed by atoms with Crippen LogP contribution in [-0.2, 0) is 5.41 Å². The molecule has 0 aliphatic heterocycles. The molecular formula is C88H66O4. The van der Waals surface area contributed by atoms with E-state index in [1.165, 1.54) is 43.1 Å². The van der Waals surface area contributed by atoms with Gasteiger partial charge in [-0.2, -0.15) is 0 Å². The van der Waals surface area contributed by atoms with Gasteiger partial charge < -0.3 is 19.7 Å². The number of fused-ring (bicyclic) bond motifs is 4. The monoisotopic (exact) mass is 1190 g/mol. The van der Waals surface area contributed by atoms with Gasteiger partial charge in [0.15, 0.2) is 0 Å². The van der Waals surface area contributed by atoms with E-state index in [2.05, 4.69) is 328 Å². The Kier molecular flexibility index (Phi) is 15.6. The van der Waals surface area contributed by atoms with Crippen LogP contribution in [0, 0.1) is 0 Å². The third-order valence-corrected chi connectivity index (χ3v) is 18.4. The minimum Gasteiger partial charge on any atom is -0.490 e. The fourth-order valence-corrected chi connectivity index (χ4v) is 13.5. The lowest BCUT2D eigenvalue weighted by Gasteiger charge is -2.35. The van der Waals surface area contributed by atoms with Gasteiger partial charge >= 0.3 is 0 Å². The smallest absolute Gasteiger partial charge is 0.135 e. The van der Waals surface area contributed by atoms with Gasteiger partial charge in [0.1, 0.15) is 24.7 Å². The Hall–Kier alpha value is -11.1. The van der Waals surface area contributed by atoms with E-state index in [4.69, 9.17) is 9.47 Å². The zero-order valence-electron chi connectivity index (χ0n) is 51.1. The van der Waals surface area contributed by atoms with Gasteiger partial charge in [0.05, 0.1) is 13.2 Å². The first-order valence-electron chi connectivity index (χ1n) is 31.6. The molecule has 0 fully saturated rings. The van der Waals surface area contributed by atoms with E-state index in [9.17, 15) is 10.2 Å². The second kappa shape index (κ2) is 25.0. The number of ether oxygens (including phenoxy) is 2. The van der Waals surface area contributed by atoms with Gasteiger partial charge in [0.25, 0.3) is 0 Å². The molecule has 0 atom stereocenters. The molecule has 0 saturated carbocycles. The predicted octanol–water partition coefficient (Wildman–Crippen LogP) is 21.7. The molecule has 0 amide bonds. The number of benzene rings is 15. The van der Waals surface area contributed by atoms with Gasteiger partial charge in [-0.3, -0.25) is 0 Å². The molecular weight excluding hydrogens is 1120 g/mol. The normalized spacial score (nSPS) is 11.6. The Morgan fingerprint density at radius 1 is 0.228 bits per heavy atom.